The van der Waals surface area contributed by atoms with Crippen molar-refractivity contribution in [2.24, 2.45) is 5.73 Å². The molecule has 0 aliphatic carbocycles. The second-order valence-corrected chi connectivity index (χ2v) is 2.81. The summed E-state index contributed by atoms with van der Waals surface area (Å²) in [6.45, 7) is 1.88. The normalized spacial score (nSPS) is 14.7. The molecule has 0 saturated heterocycles. The molecule has 1 rings (SSSR count). The third-order valence-corrected chi connectivity index (χ3v) is 1.85. The van der Waals surface area contributed by atoms with Gasteiger partial charge in [-0.1, -0.05) is 30.3 Å². The lowest BCUT2D eigenvalue weighted by Crippen LogP contribution is -2.43. The van der Waals surface area contributed by atoms with Crippen LogP contribution in [0, 0.1) is 0 Å². The van der Waals surface area contributed by atoms with Crippen molar-refractivity contribution < 1.29 is 14.6 Å². The van der Waals surface area contributed by atoms with E-state index in [2.05, 4.69) is 0 Å². The highest BCUT2D eigenvalue weighted by Gasteiger charge is 2.36. The van der Waals surface area contributed by atoms with E-state index in [9.17, 15) is 9.90 Å². The van der Waals surface area contributed by atoms with Gasteiger partial charge in [0.15, 0.2) is 0 Å². The van der Waals surface area contributed by atoms with Gasteiger partial charge in [-0.05, 0) is 6.92 Å². The summed E-state index contributed by atoms with van der Waals surface area (Å²) in [5.74, 6) is -2.93. The van der Waals surface area contributed by atoms with Crippen molar-refractivity contribution in [2.45, 2.75) is 12.7 Å². The lowest BCUT2D eigenvalue weighted by atomic mass is 10.1. The number of hydrogen-bond donors (Lipinski definition) is 2. The summed E-state index contributed by atoms with van der Waals surface area (Å²) < 4.78 is 4.96. The molecule has 0 aliphatic rings. The average Bonchev–Trinajstić information content (AvgIpc) is 2.19. The van der Waals surface area contributed by atoms with Crippen molar-refractivity contribution in [1.29, 1.82) is 0 Å². The average molecular weight is 195 g/mol. The van der Waals surface area contributed by atoms with Crippen molar-refractivity contribution in [3.8, 4) is 0 Å². The lowest BCUT2D eigenvalue weighted by Gasteiger charge is -2.24. The van der Waals surface area contributed by atoms with Crippen LogP contribution < -0.4 is 5.73 Å². The Bertz CT molecular complexity index is 312. The summed E-state index contributed by atoms with van der Waals surface area (Å²) in [7, 11) is 0. The minimum atomic E-state index is -2.02. The molecule has 0 saturated carbocycles. The fourth-order valence-electron chi connectivity index (χ4n) is 1.17. The number of ether oxygens (including phenoxy) is 1. The van der Waals surface area contributed by atoms with E-state index < -0.39 is 11.7 Å². The van der Waals surface area contributed by atoms with Crippen LogP contribution in [0.1, 0.15) is 12.5 Å². The van der Waals surface area contributed by atoms with Gasteiger partial charge < -0.3 is 15.6 Å². The summed E-state index contributed by atoms with van der Waals surface area (Å²) in [6.07, 6.45) is 0. The van der Waals surface area contributed by atoms with E-state index in [0.29, 0.717) is 5.56 Å². The molecule has 1 unspecified atom stereocenters. The van der Waals surface area contributed by atoms with Crippen LogP contribution in [0.25, 0.3) is 0 Å². The van der Waals surface area contributed by atoms with Gasteiger partial charge in [-0.3, -0.25) is 4.79 Å². The second kappa shape index (κ2) is 4.21. The molecule has 1 amide bonds. The summed E-state index contributed by atoms with van der Waals surface area (Å²) in [4.78, 5) is 11.1. The summed E-state index contributed by atoms with van der Waals surface area (Å²) >= 11 is 0. The fraction of sp³-hybridized carbons (Fsp3) is 0.300. The maximum absolute atomic E-state index is 11.1. The molecule has 4 heteroatoms. The maximum Gasteiger partial charge on any atom is 0.282 e. The SMILES string of the molecule is CCOC(O)(C(N)=O)c1ccccc1. The van der Waals surface area contributed by atoms with Crippen LogP contribution in [0.2, 0.25) is 0 Å². The predicted molar refractivity (Wildman–Crippen MR) is 51.2 cm³/mol. The van der Waals surface area contributed by atoms with Gasteiger partial charge in [0, 0.05) is 12.2 Å². The molecule has 76 valence electrons. The Balaban J connectivity index is 3.06. The molecule has 1 aromatic carbocycles. The monoisotopic (exact) mass is 195 g/mol. The van der Waals surface area contributed by atoms with Crippen molar-refractivity contribution in [3.63, 3.8) is 0 Å². The highest BCUT2D eigenvalue weighted by atomic mass is 16.6. The topological polar surface area (TPSA) is 72.6 Å². The number of amides is 1. The molecule has 0 bridgehead atoms. The van der Waals surface area contributed by atoms with E-state index >= 15 is 0 Å². The zero-order chi connectivity index (χ0) is 10.6. The Hall–Kier alpha value is -1.39. The van der Waals surface area contributed by atoms with Crippen LogP contribution >= 0.6 is 0 Å². The standard InChI is InChI=1S/C10H13NO3/c1-2-14-10(13,9(11)12)8-6-4-3-5-7-8/h3-7,13H,2H2,1H3,(H2,11,12). The number of carbonyl (C=O) groups is 1. The molecule has 3 N–H and O–H groups in total. The molecule has 1 atom stereocenters. The highest BCUT2D eigenvalue weighted by Crippen LogP contribution is 2.21. The van der Waals surface area contributed by atoms with Crippen molar-refractivity contribution in [3.05, 3.63) is 35.9 Å². The number of aliphatic hydroxyl groups is 1. The van der Waals surface area contributed by atoms with Crippen LogP contribution in [0.15, 0.2) is 30.3 Å². The molecule has 0 radical (unpaired) electrons. The van der Waals surface area contributed by atoms with Gasteiger partial charge in [0.1, 0.15) is 0 Å². The Morgan fingerprint density at radius 2 is 2.07 bits per heavy atom. The van der Waals surface area contributed by atoms with Gasteiger partial charge in [0.25, 0.3) is 11.7 Å². The number of benzene rings is 1. The Morgan fingerprint density at radius 3 is 2.50 bits per heavy atom. The van der Waals surface area contributed by atoms with Gasteiger partial charge >= 0.3 is 0 Å². The highest BCUT2D eigenvalue weighted by molar-refractivity contribution is 5.83. The number of hydrogen-bond acceptors (Lipinski definition) is 3. The smallest absolute Gasteiger partial charge is 0.282 e. The van der Waals surface area contributed by atoms with E-state index in [1.807, 2.05) is 0 Å². The molecule has 0 spiro atoms. The molecular weight excluding hydrogens is 182 g/mol. The quantitative estimate of drug-likeness (QED) is 0.681. The van der Waals surface area contributed by atoms with Crippen molar-refractivity contribution in [1.82, 2.24) is 0 Å². The van der Waals surface area contributed by atoms with Gasteiger partial charge in [-0.25, -0.2) is 0 Å². The first-order valence-corrected chi connectivity index (χ1v) is 4.33. The third-order valence-electron chi connectivity index (χ3n) is 1.85. The number of nitrogens with two attached hydrogens (primary N) is 1. The van der Waals surface area contributed by atoms with Gasteiger partial charge in [-0.15, -0.1) is 0 Å². The first-order valence-electron chi connectivity index (χ1n) is 4.33. The summed E-state index contributed by atoms with van der Waals surface area (Å²) in [5, 5.41) is 9.86. The summed E-state index contributed by atoms with van der Waals surface area (Å²) in [5.41, 5.74) is 5.42. The van der Waals surface area contributed by atoms with Gasteiger partial charge in [0.05, 0.1) is 0 Å². The number of primary amides is 1. The molecule has 0 aromatic heterocycles. The summed E-state index contributed by atoms with van der Waals surface area (Å²) in [6, 6.07) is 8.34. The molecule has 0 heterocycles. The van der Waals surface area contributed by atoms with Crippen LogP contribution in [-0.4, -0.2) is 17.6 Å². The maximum atomic E-state index is 11.1. The first kappa shape index (κ1) is 10.7. The molecular formula is C10H13NO3. The Labute approximate surface area is 82.3 Å². The molecule has 4 nitrogen and oxygen atoms in total. The van der Waals surface area contributed by atoms with Crippen LogP contribution in [-0.2, 0) is 15.3 Å². The zero-order valence-corrected chi connectivity index (χ0v) is 7.93. The van der Waals surface area contributed by atoms with E-state index in [1.165, 1.54) is 0 Å². The zero-order valence-electron chi connectivity index (χ0n) is 7.93. The fourth-order valence-corrected chi connectivity index (χ4v) is 1.17. The van der Waals surface area contributed by atoms with Crippen LogP contribution in [0.5, 0.6) is 0 Å². The number of carbonyl (C=O) groups excluding carboxylic acids is 1. The number of rotatable bonds is 4. The largest absolute Gasteiger partial charge is 0.365 e. The van der Waals surface area contributed by atoms with E-state index in [4.69, 9.17) is 10.5 Å². The molecule has 14 heavy (non-hydrogen) atoms. The van der Waals surface area contributed by atoms with E-state index in [-0.39, 0.29) is 6.61 Å². The van der Waals surface area contributed by atoms with Crippen LogP contribution in [0.4, 0.5) is 0 Å². The Morgan fingerprint density at radius 1 is 1.50 bits per heavy atom. The molecule has 0 aliphatic heterocycles. The minimum absolute atomic E-state index is 0.203. The molecule has 0 fully saturated rings. The third kappa shape index (κ3) is 1.92. The van der Waals surface area contributed by atoms with Crippen molar-refractivity contribution >= 4 is 5.91 Å². The van der Waals surface area contributed by atoms with Crippen LogP contribution in [0.3, 0.4) is 0 Å². The Kier molecular flexibility index (Phi) is 3.22. The molecule has 1 aromatic rings. The van der Waals surface area contributed by atoms with E-state index in [1.54, 1.807) is 37.3 Å². The first-order chi connectivity index (χ1) is 6.61. The van der Waals surface area contributed by atoms with Crippen molar-refractivity contribution in [2.75, 3.05) is 6.61 Å². The van der Waals surface area contributed by atoms with Gasteiger partial charge in [0.2, 0.25) is 0 Å². The minimum Gasteiger partial charge on any atom is -0.365 e. The van der Waals surface area contributed by atoms with Gasteiger partial charge in [-0.2, -0.15) is 0 Å². The predicted octanol–water partition coefficient (Wildman–Crippen LogP) is 0.353. The lowest BCUT2D eigenvalue weighted by molar-refractivity contribution is -0.208. The second-order valence-electron chi connectivity index (χ2n) is 2.81. The van der Waals surface area contributed by atoms with E-state index in [0.717, 1.165) is 0 Å².